The van der Waals surface area contributed by atoms with Gasteiger partial charge in [-0.15, -0.1) is 0 Å². The Morgan fingerprint density at radius 3 is 2.06 bits per heavy atom. The molecule has 18 heavy (non-hydrogen) atoms. The minimum atomic E-state index is 1.08. The maximum atomic E-state index is 4.06. The average molecular weight is 234 g/mol. The molecule has 0 spiro atoms. The van der Waals surface area contributed by atoms with Gasteiger partial charge in [-0.2, -0.15) is 0 Å². The van der Waals surface area contributed by atoms with Gasteiger partial charge in [0.25, 0.3) is 0 Å². The van der Waals surface area contributed by atoms with E-state index in [1.165, 1.54) is 22.3 Å². The molecule has 0 aromatic heterocycles. The van der Waals surface area contributed by atoms with Crippen LogP contribution < -0.4 is 0 Å². The highest BCUT2D eigenvalue weighted by atomic mass is 14.1. The molecule has 0 amide bonds. The Morgan fingerprint density at radius 1 is 0.833 bits per heavy atom. The molecule has 0 atom stereocenters. The van der Waals surface area contributed by atoms with Crippen LogP contribution in [0.5, 0.6) is 0 Å². The lowest BCUT2D eigenvalue weighted by Gasteiger charge is -2.12. The zero-order valence-corrected chi connectivity index (χ0v) is 11.0. The van der Waals surface area contributed by atoms with Gasteiger partial charge in [0.05, 0.1) is 0 Å². The summed E-state index contributed by atoms with van der Waals surface area (Å²) in [7, 11) is 0. The number of hydrogen-bond donors (Lipinski definition) is 0. The van der Waals surface area contributed by atoms with Crippen molar-refractivity contribution in [2.75, 3.05) is 0 Å². The van der Waals surface area contributed by atoms with Crippen LogP contribution in [0.15, 0.2) is 61.7 Å². The highest BCUT2D eigenvalue weighted by Crippen LogP contribution is 2.30. The maximum absolute atomic E-state index is 4.06. The second-order valence-corrected chi connectivity index (χ2v) is 4.69. The van der Waals surface area contributed by atoms with Crippen molar-refractivity contribution in [3.63, 3.8) is 0 Å². The minimum Gasteiger partial charge on any atom is -0.0955 e. The van der Waals surface area contributed by atoms with Crippen molar-refractivity contribution >= 4 is 11.1 Å². The lowest BCUT2D eigenvalue weighted by molar-refractivity contribution is 1.50. The van der Waals surface area contributed by atoms with Gasteiger partial charge in [0.15, 0.2) is 0 Å². The van der Waals surface area contributed by atoms with Gasteiger partial charge in [0.1, 0.15) is 0 Å². The molecule has 90 valence electrons. The molecule has 0 aliphatic heterocycles. The lowest BCUT2D eigenvalue weighted by atomic mass is 9.92. The van der Waals surface area contributed by atoms with Crippen molar-refractivity contribution in [1.29, 1.82) is 0 Å². The van der Waals surface area contributed by atoms with E-state index in [-0.39, 0.29) is 0 Å². The van der Waals surface area contributed by atoms with E-state index in [0.717, 1.165) is 11.1 Å². The summed E-state index contributed by atoms with van der Waals surface area (Å²) < 4.78 is 0. The number of hydrogen-bond acceptors (Lipinski definition) is 0. The molecule has 0 heterocycles. The van der Waals surface area contributed by atoms with Gasteiger partial charge < -0.3 is 0 Å². The van der Waals surface area contributed by atoms with Crippen LogP contribution in [0.25, 0.3) is 22.3 Å². The molecular weight excluding hydrogens is 216 g/mol. The van der Waals surface area contributed by atoms with Crippen LogP contribution >= 0.6 is 0 Å². The van der Waals surface area contributed by atoms with Crippen molar-refractivity contribution in [2.45, 2.75) is 13.8 Å². The molecule has 0 unspecified atom stereocenters. The van der Waals surface area contributed by atoms with E-state index in [4.69, 9.17) is 0 Å². The molecule has 0 saturated carbocycles. The van der Waals surface area contributed by atoms with E-state index >= 15 is 0 Å². The second-order valence-electron chi connectivity index (χ2n) is 4.69. The molecule has 0 saturated heterocycles. The van der Waals surface area contributed by atoms with E-state index in [1.807, 2.05) is 19.9 Å². The monoisotopic (exact) mass is 234 g/mol. The topological polar surface area (TPSA) is 0 Å². The Morgan fingerprint density at radius 2 is 1.50 bits per heavy atom. The van der Waals surface area contributed by atoms with E-state index in [2.05, 4.69) is 55.6 Å². The third-order valence-electron chi connectivity index (χ3n) is 3.06. The summed E-state index contributed by atoms with van der Waals surface area (Å²) in [6, 6.07) is 16.9. The first-order valence-corrected chi connectivity index (χ1v) is 6.11. The number of allylic oxidation sites excluding steroid dienone is 2. The lowest BCUT2D eigenvalue weighted by Crippen LogP contribution is -1.89. The van der Waals surface area contributed by atoms with Crippen molar-refractivity contribution < 1.29 is 0 Å². The zero-order valence-electron chi connectivity index (χ0n) is 11.0. The normalized spacial score (nSPS) is 10.1. The fourth-order valence-corrected chi connectivity index (χ4v) is 2.04. The highest BCUT2D eigenvalue weighted by molar-refractivity contribution is 5.82. The Hall–Kier alpha value is -2.08. The summed E-state index contributed by atoms with van der Waals surface area (Å²) in [4.78, 5) is 0. The number of rotatable bonds is 3. The van der Waals surface area contributed by atoms with Crippen LogP contribution in [0.2, 0.25) is 0 Å². The predicted molar refractivity (Wildman–Crippen MR) is 81.3 cm³/mol. The largest absolute Gasteiger partial charge is 0.0955 e. The van der Waals surface area contributed by atoms with Gasteiger partial charge in [-0.05, 0) is 42.2 Å². The summed E-state index contributed by atoms with van der Waals surface area (Å²) in [6.07, 6.45) is 0. The summed E-state index contributed by atoms with van der Waals surface area (Å²) in [5.74, 6) is 0. The smallest absolute Gasteiger partial charge is 0.0103 e. The Labute approximate surface area is 109 Å². The fraction of sp³-hybridized carbons (Fsp3) is 0.111. The van der Waals surface area contributed by atoms with Gasteiger partial charge >= 0.3 is 0 Å². The van der Waals surface area contributed by atoms with Crippen LogP contribution in [-0.4, -0.2) is 0 Å². The first-order chi connectivity index (χ1) is 8.59. The predicted octanol–water partition coefficient (Wildman–Crippen LogP) is 5.42. The summed E-state index contributed by atoms with van der Waals surface area (Å²) in [5.41, 5.74) is 7.00. The Balaban J connectivity index is 2.65. The molecule has 0 N–H and O–H groups in total. The summed E-state index contributed by atoms with van der Waals surface area (Å²) in [5, 5.41) is 0. The van der Waals surface area contributed by atoms with Crippen LogP contribution in [0.3, 0.4) is 0 Å². The van der Waals surface area contributed by atoms with Gasteiger partial charge in [0, 0.05) is 0 Å². The standard InChI is InChI=1S/C18H18/c1-13(2)16-10-11-17(14(3)4)18(12-16)15-8-6-5-7-9-15/h5-12H,1,3H2,2,4H3. The second kappa shape index (κ2) is 5.05. The molecule has 0 fully saturated rings. The molecule has 0 aliphatic carbocycles. The van der Waals surface area contributed by atoms with E-state index < -0.39 is 0 Å². The van der Waals surface area contributed by atoms with E-state index in [1.54, 1.807) is 0 Å². The summed E-state index contributed by atoms with van der Waals surface area (Å²) in [6.45, 7) is 12.2. The molecule has 0 nitrogen and oxygen atoms in total. The van der Waals surface area contributed by atoms with Crippen molar-refractivity contribution in [3.8, 4) is 11.1 Å². The quantitative estimate of drug-likeness (QED) is 0.665. The van der Waals surface area contributed by atoms with Gasteiger partial charge in [-0.1, -0.05) is 66.8 Å². The van der Waals surface area contributed by atoms with Crippen LogP contribution in [0.1, 0.15) is 25.0 Å². The van der Waals surface area contributed by atoms with Crippen LogP contribution in [0, 0.1) is 0 Å². The maximum Gasteiger partial charge on any atom is -0.0103 e. The van der Waals surface area contributed by atoms with Crippen molar-refractivity contribution in [1.82, 2.24) is 0 Å². The van der Waals surface area contributed by atoms with E-state index in [0.29, 0.717) is 0 Å². The van der Waals surface area contributed by atoms with Crippen molar-refractivity contribution in [2.24, 2.45) is 0 Å². The fourth-order valence-electron chi connectivity index (χ4n) is 2.04. The number of benzene rings is 2. The highest BCUT2D eigenvalue weighted by Gasteiger charge is 2.07. The molecule has 0 heteroatoms. The Bertz CT molecular complexity index is 589. The molecular formula is C18H18. The molecule has 2 aromatic rings. The molecule has 0 bridgehead atoms. The van der Waals surface area contributed by atoms with E-state index in [9.17, 15) is 0 Å². The minimum absolute atomic E-state index is 1.08. The SMILES string of the molecule is C=C(C)c1ccc(C(=C)C)c(-c2ccccc2)c1. The Kier molecular flexibility index (Phi) is 3.47. The van der Waals surface area contributed by atoms with Gasteiger partial charge in [-0.25, -0.2) is 0 Å². The molecule has 0 aliphatic rings. The molecule has 2 aromatic carbocycles. The van der Waals surface area contributed by atoms with Gasteiger partial charge in [0.2, 0.25) is 0 Å². The molecule has 0 radical (unpaired) electrons. The third kappa shape index (κ3) is 2.43. The van der Waals surface area contributed by atoms with Crippen LogP contribution in [-0.2, 0) is 0 Å². The first-order valence-electron chi connectivity index (χ1n) is 6.11. The van der Waals surface area contributed by atoms with Crippen LogP contribution in [0.4, 0.5) is 0 Å². The first kappa shape index (κ1) is 12.4. The zero-order chi connectivity index (χ0) is 13.1. The summed E-state index contributed by atoms with van der Waals surface area (Å²) >= 11 is 0. The third-order valence-corrected chi connectivity index (χ3v) is 3.06. The van der Waals surface area contributed by atoms with Crippen molar-refractivity contribution in [3.05, 3.63) is 72.8 Å². The molecule has 2 rings (SSSR count). The average Bonchev–Trinajstić information content (AvgIpc) is 2.39. The van der Waals surface area contributed by atoms with Gasteiger partial charge in [-0.3, -0.25) is 0 Å².